The second kappa shape index (κ2) is 5.87. The molecule has 21 heavy (non-hydrogen) atoms. The maximum absolute atomic E-state index is 12.1. The molecule has 0 atom stereocenters. The van der Waals surface area contributed by atoms with E-state index in [1.807, 2.05) is 54.1 Å². The Hall–Kier alpha value is -2.49. The summed E-state index contributed by atoms with van der Waals surface area (Å²) in [6, 6.07) is 13.7. The number of benzene rings is 1. The molecule has 0 aliphatic rings. The molecule has 0 saturated heterocycles. The van der Waals surface area contributed by atoms with Crippen molar-refractivity contribution in [3.05, 3.63) is 60.2 Å². The third-order valence-corrected chi connectivity index (χ3v) is 3.62. The summed E-state index contributed by atoms with van der Waals surface area (Å²) in [5, 5.41) is 0. The number of fused-ring (bicyclic) bond motifs is 1. The van der Waals surface area contributed by atoms with Crippen molar-refractivity contribution in [2.45, 2.75) is 19.3 Å². The minimum atomic E-state index is 0.194. The van der Waals surface area contributed by atoms with E-state index >= 15 is 0 Å². The monoisotopic (exact) mass is 279 g/mol. The molecule has 2 heterocycles. The van der Waals surface area contributed by atoms with Crippen molar-refractivity contribution in [3.63, 3.8) is 0 Å². The molecule has 0 amide bonds. The zero-order valence-electron chi connectivity index (χ0n) is 12.0. The number of para-hydroxylation sites is 2. The third kappa shape index (κ3) is 2.99. The van der Waals surface area contributed by atoms with Crippen molar-refractivity contribution >= 4 is 16.8 Å². The van der Waals surface area contributed by atoms with Crippen LogP contribution in [0, 0.1) is 0 Å². The van der Waals surface area contributed by atoms with Crippen LogP contribution in [0.5, 0.6) is 0 Å². The molecule has 0 bridgehead atoms. The van der Waals surface area contributed by atoms with Crippen molar-refractivity contribution in [1.82, 2.24) is 14.5 Å². The van der Waals surface area contributed by atoms with Gasteiger partial charge in [-0.1, -0.05) is 18.2 Å². The first-order chi connectivity index (χ1) is 10.2. The molecule has 0 N–H and O–H groups in total. The highest BCUT2D eigenvalue weighted by molar-refractivity contribution is 5.82. The van der Waals surface area contributed by atoms with Crippen LogP contribution < -0.4 is 0 Å². The quantitative estimate of drug-likeness (QED) is 0.721. The fourth-order valence-corrected chi connectivity index (χ4v) is 2.43. The van der Waals surface area contributed by atoms with Crippen LogP contribution in [-0.2, 0) is 24.7 Å². The van der Waals surface area contributed by atoms with Crippen LogP contribution in [0.15, 0.2) is 48.7 Å². The molecule has 3 aromatic rings. The summed E-state index contributed by atoms with van der Waals surface area (Å²) in [5.41, 5.74) is 2.95. The zero-order valence-corrected chi connectivity index (χ0v) is 12.0. The fraction of sp³-hybridized carbons (Fsp3) is 0.235. The second-order valence-corrected chi connectivity index (χ2v) is 5.11. The van der Waals surface area contributed by atoms with Crippen molar-refractivity contribution < 1.29 is 4.79 Å². The van der Waals surface area contributed by atoms with Gasteiger partial charge in [-0.05, 0) is 30.7 Å². The van der Waals surface area contributed by atoms with Crippen LogP contribution >= 0.6 is 0 Å². The molecule has 0 unspecified atom stereocenters. The summed E-state index contributed by atoms with van der Waals surface area (Å²) in [6.45, 7) is 0. The SMILES string of the molecule is Cn1c(CC(=O)CCc2ccccn2)nc2ccccc21. The largest absolute Gasteiger partial charge is 0.331 e. The van der Waals surface area contributed by atoms with E-state index in [-0.39, 0.29) is 5.78 Å². The Morgan fingerprint density at radius 2 is 1.95 bits per heavy atom. The Morgan fingerprint density at radius 3 is 2.71 bits per heavy atom. The number of aromatic nitrogens is 3. The van der Waals surface area contributed by atoms with Crippen LogP contribution in [-0.4, -0.2) is 20.3 Å². The van der Waals surface area contributed by atoms with Crippen molar-refractivity contribution in [1.29, 1.82) is 0 Å². The van der Waals surface area contributed by atoms with E-state index in [1.54, 1.807) is 6.20 Å². The Bertz CT molecular complexity index is 762. The molecule has 4 heteroatoms. The second-order valence-electron chi connectivity index (χ2n) is 5.11. The van der Waals surface area contributed by atoms with E-state index in [4.69, 9.17) is 0 Å². The van der Waals surface area contributed by atoms with Gasteiger partial charge in [0.15, 0.2) is 0 Å². The predicted molar refractivity (Wildman–Crippen MR) is 82.0 cm³/mol. The molecular weight excluding hydrogens is 262 g/mol. The third-order valence-electron chi connectivity index (χ3n) is 3.62. The molecule has 4 nitrogen and oxygen atoms in total. The standard InChI is InChI=1S/C17H17N3O/c1-20-16-8-3-2-7-15(16)19-17(20)12-14(21)10-9-13-6-4-5-11-18-13/h2-8,11H,9-10,12H2,1H3. The number of rotatable bonds is 5. The average molecular weight is 279 g/mol. The van der Waals surface area contributed by atoms with Gasteiger partial charge in [0, 0.05) is 25.4 Å². The molecule has 1 aromatic carbocycles. The first-order valence-corrected chi connectivity index (χ1v) is 7.06. The van der Waals surface area contributed by atoms with E-state index < -0.39 is 0 Å². The lowest BCUT2D eigenvalue weighted by Crippen LogP contribution is -2.09. The minimum Gasteiger partial charge on any atom is -0.331 e. The van der Waals surface area contributed by atoms with Crippen LogP contribution in [0.4, 0.5) is 0 Å². The summed E-state index contributed by atoms with van der Waals surface area (Å²) in [6.07, 6.45) is 3.31. The first kappa shape index (κ1) is 13.5. The summed E-state index contributed by atoms with van der Waals surface area (Å²) in [5.74, 6) is 1.02. The average Bonchev–Trinajstić information content (AvgIpc) is 2.83. The number of aryl methyl sites for hydroxylation is 2. The number of pyridine rings is 1. The van der Waals surface area contributed by atoms with Gasteiger partial charge in [-0.15, -0.1) is 0 Å². The van der Waals surface area contributed by atoms with Crippen LogP contribution in [0.2, 0.25) is 0 Å². The minimum absolute atomic E-state index is 0.194. The van der Waals surface area contributed by atoms with Gasteiger partial charge in [-0.25, -0.2) is 4.98 Å². The molecular formula is C17H17N3O. The van der Waals surface area contributed by atoms with Gasteiger partial charge in [0.05, 0.1) is 17.5 Å². The molecule has 0 radical (unpaired) electrons. The Balaban J connectivity index is 1.67. The summed E-state index contributed by atoms with van der Waals surface area (Å²) >= 11 is 0. The summed E-state index contributed by atoms with van der Waals surface area (Å²) < 4.78 is 1.99. The normalized spacial score (nSPS) is 10.9. The zero-order chi connectivity index (χ0) is 14.7. The van der Waals surface area contributed by atoms with Gasteiger partial charge in [-0.2, -0.15) is 0 Å². The van der Waals surface area contributed by atoms with Gasteiger partial charge in [0.2, 0.25) is 0 Å². The maximum Gasteiger partial charge on any atom is 0.140 e. The number of carbonyl (C=O) groups excluding carboxylic acids is 1. The van der Waals surface area contributed by atoms with Gasteiger partial charge in [0.1, 0.15) is 11.6 Å². The van der Waals surface area contributed by atoms with Crippen molar-refractivity contribution in [2.24, 2.45) is 7.05 Å². The van der Waals surface area contributed by atoms with E-state index in [0.29, 0.717) is 19.3 Å². The number of carbonyl (C=O) groups is 1. The number of hydrogen-bond acceptors (Lipinski definition) is 3. The Kier molecular flexibility index (Phi) is 3.77. The maximum atomic E-state index is 12.1. The summed E-state index contributed by atoms with van der Waals surface area (Å²) in [7, 11) is 1.96. The Morgan fingerprint density at radius 1 is 1.14 bits per heavy atom. The molecule has 0 saturated carbocycles. The number of imidazole rings is 1. The highest BCUT2D eigenvalue weighted by Crippen LogP contribution is 2.15. The number of ketones is 1. The van der Waals surface area contributed by atoms with Crippen LogP contribution in [0.3, 0.4) is 0 Å². The molecule has 0 aliphatic carbocycles. The molecule has 2 aromatic heterocycles. The smallest absolute Gasteiger partial charge is 0.140 e. The number of hydrogen-bond donors (Lipinski definition) is 0. The van der Waals surface area contributed by atoms with E-state index in [0.717, 1.165) is 22.6 Å². The molecule has 3 rings (SSSR count). The lowest BCUT2D eigenvalue weighted by atomic mass is 10.1. The van der Waals surface area contributed by atoms with Crippen molar-refractivity contribution in [2.75, 3.05) is 0 Å². The number of nitrogens with zero attached hydrogens (tertiary/aromatic N) is 3. The van der Waals surface area contributed by atoms with E-state index in [2.05, 4.69) is 9.97 Å². The fourth-order valence-electron chi connectivity index (χ4n) is 2.43. The van der Waals surface area contributed by atoms with Gasteiger partial charge in [0.25, 0.3) is 0 Å². The van der Waals surface area contributed by atoms with Crippen LogP contribution in [0.1, 0.15) is 17.9 Å². The highest BCUT2D eigenvalue weighted by atomic mass is 16.1. The number of Topliss-reactive ketones (excluding diaryl/α,β-unsaturated/α-hetero) is 1. The molecule has 0 spiro atoms. The van der Waals surface area contributed by atoms with Gasteiger partial charge in [-0.3, -0.25) is 9.78 Å². The summed E-state index contributed by atoms with van der Waals surface area (Å²) in [4.78, 5) is 20.9. The lowest BCUT2D eigenvalue weighted by Gasteiger charge is -2.02. The first-order valence-electron chi connectivity index (χ1n) is 7.06. The Labute approximate surface area is 123 Å². The predicted octanol–water partition coefficient (Wildman–Crippen LogP) is 2.71. The molecule has 0 fully saturated rings. The van der Waals surface area contributed by atoms with E-state index in [1.165, 1.54) is 0 Å². The van der Waals surface area contributed by atoms with Crippen LogP contribution in [0.25, 0.3) is 11.0 Å². The molecule has 0 aliphatic heterocycles. The molecule has 106 valence electrons. The van der Waals surface area contributed by atoms with Gasteiger partial charge < -0.3 is 4.57 Å². The van der Waals surface area contributed by atoms with Gasteiger partial charge >= 0.3 is 0 Å². The topological polar surface area (TPSA) is 47.8 Å². The van der Waals surface area contributed by atoms with Crippen molar-refractivity contribution in [3.8, 4) is 0 Å². The highest BCUT2D eigenvalue weighted by Gasteiger charge is 2.11. The van der Waals surface area contributed by atoms with E-state index in [9.17, 15) is 4.79 Å². The lowest BCUT2D eigenvalue weighted by molar-refractivity contribution is -0.118.